The van der Waals surface area contributed by atoms with Gasteiger partial charge in [-0.3, -0.25) is 0 Å². The molecule has 0 aromatic heterocycles. The number of benzene rings is 1. The van der Waals surface area contributed by atoms with E-state index < -0.39 is 0 Å². The average Bonchev–Trinajstić information content (AvgIpc) is 2.44. The fraction of sp³-hybridized carbons (Fsp3) is 0.667. The molecule has 1 aromatic rings. The topological polar surface area (TPSA) is 32.3 Å². The van der Waals surface area contributed by atoms with E-state index in [4.69, 9.17) is 0 Å². The Kier molecular flexibility index (Phi) is 3.87. The van der Waals surface area contributed by atoms with E-state index >= 15 is 0 Å². The van der Waals surface area contributed by atoms with Crippen molar-refractivity contribution in [3.63, 3.8) is 0 Å². The molecule has 3 atom stereocenters. The van der Waals surface area contributed by atoms with Gasteiger partial charge in [0.25, 0.3) is 0 Å². The third-order valence-corrected chi connectivity index (χ3v) is 5.30. The maximum absolute atomic E-state index is 10.3. The van der Waals surface area contributed by atoms with Crippen molar-refractivity contribution in [3.05, 3.63) is 35.4 Å². The summed E-state index contributed by atoms with van der Waals surface area (Å²) in [4.78, 5) is 0. The monoisotopic (exact) mass is 273 g/mol. The molecule has 0 saturated heterocycles. The van der Waals surface area contributed by atoms with Crippen LogP contribution in [0.15, 0.2) is 24.3 Å². The summed E-state index contributed by atoms with van der Waals surface area (Å²) in [6.45, 7) is 4.71. The summed E-state index contributed by atoms with van der Waals surface area (Å²) in [5.74, 6) is 0. The number of aliphatic hydroxyl groups excluding tert-OH is 1. The molecule has 0 bridgehead atoms. The molecule has 2 heteroatoms. The molecule has 2 aliphatic rings. The molecule has 20 heavy (non-hydrogen) atoms. The Labute approximate surface area is 122 Å². The molecule has 1 saturated carbocycles. The Bertz CT molecular complexity index is 468. The van der Waals surface area contributed by atoms with Crippen molar-refractivity contribution in [1.82, 2.24) is 5.32 Å². The van der Waals surface area contributed by atoms with E-state index in [-0.39, 0.29) is 17.6 Å². The molecule has 2 N–H and O–H groups in total. The Morgan fingerprint density at radius 1 is 1.15 bits per heavy atom. The first-order valence-electron chi connectivity index (χ1n) is 8.10. The van der Waals surface area contributed by atoms with Crippen molar-refractivity contribution in [2.24, 2.45) is 5.41 Å². The Balaban J connectivity index is 1.85. The van der Waals surface area contributed by atoms with Crippen molar-refractivity contribution in [1.29, 1.82) is 0 Å². The van der Waals surface area contributed by atoms with Gasteiger partial charge in [0.15, 0.2) is 0 Å². The first kappa shape index (κ1) is 14.1. The largest absolute Gasteiger partial charge is 0.392 e. The third-order valence-electron chi connectivity index (χ3n) is 5.30. The van der Waals surface area contributed by atoms with Gasteiger partial charge in [-0.05, 0) is 42.2 Å². The molecule has 1 aromatic carbocycles. The quantitative estimate of drug-likeness (QED) is 0.863. The molecule has 110 valence electrons. The van der Waals surface area contributed by atoms with Gasteiger partial charge in [-0.15, -0.1) is 0 Å². The second kappa shape index (κ2) is 5.50. The van der Waals surface area contributed by atoms with E-state index in [1.54, 1.807) is 0 Å². The summed E-state index contributed by atoms with van der Waals surface area (Å²) in [7, 11) is 0. The van der Waals surface area contributed by atoms with E-state index in [2.05, 4.69) is 43.4 Å². The number of hydrogen-bond donors (Lipinski definition) is 2. The van der Waals surface area contributed by atoms with Crippen LogP contribution in [0.25, 0.3) is 0 Å². The maximum atomic E-state index is 10.3. The minimum atomic E-state index is -0.173. The summed E-state index contributed by atoms with van der Waals surface area (Å²) in [5, 5.41) is 14.1. The van der Waals surface area contributed by atoms with Gasteiger partial charge in [0, 0.05) is 12.1 Å². The minimum absolute atomic E-state index is 0.173. The fourth-order valence-corrected chi connectivity index (χ4v) is 3.90. The van der Waals surface area contributed by atoms with E-state index in [1.807, 2.05) is 0 Å². The van der Waals surface area contributed by atoms with Gasteiger partial charge in [0.05, 0.1) is 6.10 Å². The summed E-state index contributed by atoms with van der Waals surface area (Å²) < 4.78 is 0. The molecule has 0 spiro atoms. The van der Waals surface area contributed by atoms with Gasteiger partial charge in [-0.25, -0.2) is 0 Å². The van der Waals surface area contributed by atoms with Crippen LogP contribution in [0.5, 0.6) is 0 Å². The van der Waals surface area contributed by atoms with Crippen molar-refractivity contribution in [2.75, 3.05) is 0 Å². The molecule has 3 rings (SSSR count). The lowest BCUT2D eigenvalue weighted by molar-refractivity contribution is 0.0674. The SMILES string of the molecule is CC1(C)CCc2ccccc2C1NC1CCCCC1O. The lowest BCUT2D eigenvalue weighted by Gasteiger charge is -2.44. The zero-order valence-electron chi connectivity index (χ0n) is 12.7. The normalized spacial score (nSPS) is 32.6. The Morgan fingerprint density at radius 3 is 2.70 bits per heavy atom. The van der Waals surface area contributed by atoms with Crippen LogP contribution >= 0.6 is 0 Å². The van der Waals surface area contributed by atoms with Crippen LogP contribution in [0.3, 0.4) is 0 Å². The minimum Gasteiger partial charge on any atom is -0.392 e. The number of fused-ring (bicyclic) bond motifs is 1. The van der Waals surface area contributed by atoms with Gasteiger partial charge >= 0.3 is 0 Å². The van der Waals surface area contributed by atoms with E-state index in [9.17, 15) is 5.11 Å². The smallest absolute Gasteiger partial charge is 0.0693 e. The second-order valence-corrected chi connectivity index (χ2v) is 7.25. The highest BCUT2D eigenvalue weighted by atomic mass is 16.3. The Morgan fingerprint density at radius 2 is 1.90 bits per heavy atom. The van der Waals surface area contributed by atoms with Crippen LogP contribution in [0, 0.1) is 5.41 Å². The fourth-order valence-electron chi connectivity index (χ4n) is 3.90. The van der Waals surface area contributed by atoms with Crippen molar-refractivity contribution in [2.45, 2.75) is 70.6 Å². The van der Waals surface area contributed by atoms with Gasteiger partial charge in [0.2, 0.25) is 0 Å². The zero-order valence-corrected chi connectivity index (χ0v) is 12.7. The molecule has 1 fully saturated rings. The first-order valence-corrected chi connectivity index (χ1v) is 8.10. The molecule has 0 amide bonds. The molecule has 2 aliphatic carbocycles. The first-order chi connectivity index (χ1) is 9.58. The highest BCUT2D eigenvalue weighted by Gasteiger charge is 2.38. The summed E-state index contributed by atoms with van der Waals surface area (Å²) in [6, 6.07) is 9.44. The molecule has 0 radical (unpaired) electrons. The van der Waals surface area contributed by atoms with Crippen LogP contribution in [0.2, 0.25) is 0 Å². The van der Waals surface area contributed by atoms with Gasteiger partial charge < -0.3 is 10.4 Å². The predicted octanol–water partition coefficient (Wildman–Crippen LogP) is 3.59. The van der Waals surface area contributed by atoms with Crippen LogP contribution in [-0.2, 0) is 6.42 Å². The lowest BCUT2D eigenvalue weighted by Crippen LogP contribution is -2.48. The number of aryl methyl sites for hydroxylation is 1. The maximum Gasteiger partial charge on any atom is 0.0693 e. The van der Waals surface area contributed by atoms with Crippen LogP contribution < -0.4 is 5.32 Å². The highest BCUT2D eigenvalue weighted by molar-refractivity contribution is 5.34. The molecule has 3 unspecified atom stereocenters. The van der Waals surface area contributed by atoms with Gasteiger partial charge in [-0.2, -0.15) is 0 Å². The summed E-state index contributed by atoms with van der Waals surface area (Å²) in [5.41, 5.74) is 3.18. The average molecular weight is 273 g/mol. The van der Waals surface area contributed by atoms with Crippen molar-refractivity contribution >= 4 is 0 Å². The lowest BCUT2D eigenvalue weighted by atomic mass is 9.70. The molecular weight excluding hydrogens is 246 g/mol. The van der Waals surface area contributed by atoms with Crippen LogP contribution in [0.1, 0.15) is 63.1 Å². The second-order valence-electron chi connectivity index (χ2n) is 7.25. The van der Waals surface area contributed by atoms with E-state index in [0.717, 1.165) is 12.8 Å². The van der Waals surface area contributed by atoms with Crippen molar-refractivity contribution < 1.29 is 5.11 Å². The highest BCUT2D eigenvalue weighted by Crippen LogP contribution is 2.44. The van der Waals surface area contributed by atoms with Crippen molar-refractivity contribution in [3.8, 4) is 0 Å². The van der Waals surface area contributed by atoms with Crippen LogP contribution in [-0.4, -0.2) is 17.3 Å². The van der Waals surface area contributed by atoms with Gasteiger partial charge in [0.1, 0.15) is 0 Å². The number of hydrogen-bond acceptors (Lipinski definition) is 2. The van der Waals surface area contributed by atoms with E-state index in [1.165, 1.54) is 36.8 Å². The standard InChI is InChI=1S/C18H27NO/c1-18(2)12-11-13-7-3-4-8-14(13)17(18)19-15-9-5-6-10-16(15)20/h3-4,7-8,15-17,19-20H,5-6,9-12H2,1-2H3. The molecular formula is C18H27NO. The molecule has 0 heterocycles. The molecule has 0 aliphatic heterocycles. The number of nitrogens with one attached hydrogen (secondary N) is 1. The molecule has 2 nitrogen and oxygen atoms in total. The summed E-state index contributed by atoms with van der Waals surface area (Å²) in [6.07, 6.45) is 6.68. The third kappa shape index (κ3) is 2.64. The van der Waals surface area contributed by atoms with Crippen LogP contribution in [0.4, 0.5) is 0 Å². The predicted molar refractivity (Wildman–Crippen MR) is 82.7 cm³/mol. The van der Waals surface area contributed by atoms with E-state index in [0.29, 0.717) is 6.04 Å². The number of aliphatic hydroxyl groups is 1. The summed E-state index contributed by atoms with van der Waals surface area (Å²) >= 11 is 0. The van der Waals surface area contributed by atoms with Gasteiger partial charge in [-0.1, -0.05) is 51.0 Å². The number of rotatable bonds is 2. The zero-order chi connectivity index (χ0) is 14.2. The Hall–Kier alpha value is -0.860.